The van der Waals surface area contributed by atoms with Crippen LogP contribution in [0.3, 0.4) is 0 Å². The smallest absolute Gasteiger partial charge is 0.343 e. The van der Waals surface area contributed by atoms with E-state index < -0.39 is 5.97 Å². The summed E-state index contributed by atoms with van der Waals surface area (Å²) in [7, 11) is 0. The van der Waals surface area contributed by atoms with Gasteiger partial charge in [-0.1, -0.05) is 65.7 Å². The van der Waals surface area contributed by atoms with Gasteiger partial charge in [-0.2, -0.15) is 0 Å². The minimum atomic E-state index is -0.447. The molecular formula is C31H40N2O4. The SMILES string of the molecule is CCCCCCCCCOc1ccc(C(=O)Oc2ccc(OCC(C)CC)cc2-c2cnccn2)cc1. The highest BCUT2D eigenvalue weighted by atomic mass is 16.5. The van der Waals surface area contributed by atoms with Gasteiger partial charge in [0.2, 0.25) is 0 Å². The topological polar surface area (TPSA) is 70.5 Å². The zero-order valence-corrected chi connectivity index (χ0v) is 22.4. The Morgan fingerprint density at radius 3 is 2.30 bits per heavy atom. The summed E-state index contributed by atoms with van der Waals surface area (Å²) in [5.74, 6) is 1.85. The number of unbranched alkanes of at least 4 members (excludes halogenated alkanes) is 6. The molecule has 0 N–H and O–H groups in total. The number of aromatic nitrogens is 2. The maximum atomic E-state index is 12.9. The molecule has 0 amide bonds. The molecule has 6 heteroatoms. The number of carbonyl (C=O) groups is 1. The summed E-state index contributed by atoms with van der Waals surface area (Å²) in [5, 5.41) is 0. The van der Waals surface area contributed by atoms with Crippen LogP contribution in [-0.4, -0.2) is 29.2 Å². The van der Waals surface area contributed by atoms with Crippen LogP contribution in [0.1, 0.15) is 82.5 Å². The van der Waals surface area contributed by atoms with Crippen molar-refractivity contribution < 1.29 is 19.0 Å². The zero-order valence-electron chi connectivity index (χ0n) is 22.4. The zero-order chi connectivity index (χ0) is 26.3. The molecule has 1 heterocycles. The molecule has 1 unspecified atom stereocenters. The van der Waals surface area contributed by atoms with Gasteiger partial charge in [-0.25, -0.2) is 4.79 Å². The van der Waals surface area contributed by atoms with Gasteiger partial charge in [0, 0.05) is 18.0 Å². The first kappa shape index (κ1) is 28.2. The Bertz CT molecular complexity index is 1070. The van der Waals surface area contributed by atoms with Gasteiger partial charge < -0.3 is 14.2 Å². The van der Waals surface area contributed by atoms with Crippen LogP contribution in [0.4, 0.5) is 0 Å². The molecule has 1 aromatic heterocycles. The van der Waals surface area contributed by atoms with Crippen molar-refractivity contribution >= 4 is 5.97 Å². The molecule has 0 saturated heterocycles. The molecule has 0 aliphatic heterocycles. The van der Waals surface area contributed by atoms with E-state index in [0.717, 1.165) is 18.6 Å². The lowest BCUT2D eigenvalue weighted by Crippen LogP contribution is -2.10. The minimum absolute atomic E-state index is 0.403. The largest absolute Gasteiger partial charge is 0.494 e. The molecule has 6 nitrogen and oxygen atoms in total. The molecule has 3 rings (SSSR count). The number of ether oxygens (including phenoxy) is 3. The Kier molecular flexibility index (Phi) is 11.9. The molecular weight excluding hydrogens is 464 g/mol. The second-order valence-electron chi connectivity index (χ2n) is 9.46. The molecule has 2 aromatic carbocycles. The summed E-state index contributed by atoms with van der Waals surface area (Å²) >= 11 is 0. The fraction of sp³-hybridized carbons (Fsp3) is 0.452. The Labute approximate surface area is 221 Å². The average Bonchev–Trinajstić information content (AvgIpc) is 2.94. The maximum Gasteiger partial charge on any atom is 0.343 e. The van der Waals surface area contributed by atoms with Crippen molar-refractivity contribution in [1.29, 1.82) is 0 Å². The normalized spacial score (nSPS) is 11.6. The molecule has 198 valence electrons. The highest BCUT2D eigenvalue weighted by Gasteiger charge is 2.16. The number of esters is 1. The monoisotopic (exact) mass is 504 g/mol. The molecule has 0 aliphatic carbocycles. The number of hydrogen-bond acceptors (Lipinski definition) is 6. The third kappa shape index (κ3) is 9.52. The molecule has 37 heavy (non-hydrogen) atoms. The Balaban J connectivity index is 1.59. The van der Waals surface area contributed by atoms with Gasteiger partial charge in [0.15, 0.2) is 0 Å². The van der Waals surface area contributed by atoms with E-state index in [-0.39, 0.29) is 0 Å². The standard InChI is InChI=1S/C31H40N2O4/c1-4-6-7-8-9-10-11-20-35-26-14-12-25(13-15-26)31(34)37-30-17-16-27(36-23-24(3)5-2)21-28(30)29-22-32-18-19-33-29/h12-19,21-22,24H,4-11,20,23H2,1-3H3. The minimum Gasteiger partial charge on any atom is -0.494 e. The van der Waals surface area contributed by atoms with Gasteiger partial charge in [0.05, 0.1) is 30.7 Å². The van der Waals surface area contributed by atoms with Gasteiger partial charge in [-0.05, 0) is 54.8 Å². The van der Waals surface area contributed by atoms with E-state index >= 15 is 0 Å². The highest BCUT2D eigenvalue weighted by Crippen LogP contribution is 2.33. The predicted molar refractivity (Wildman–Crippen MR) is 147 cm³/mol. The highest BCUT2D eigenvalue weighted by molar-refractivity contribution is 5.92. The second kappa shape index (κ2) is 15.6. The lowest BCUT2D eigenvalue weighted by molar-refractivity contribution is 0.0735. The van der Waals surface area contributed by atoms with Crippen LogP contribution in [0.2, 0.25) is 0 Å². The summed E-state index contributed by atoms with van der Waals surface area (Å²) in [4.78, 5) is 21.5. The third-order valence-corrected chi connectivity index (χ3v) is 6.33. The summed E-state index contributed by atoms with van der Waals surface area (Å²) in [6, 6.07) is 12.5. The van der Waals surface area contributed by atoms with E-state index in [2.05, 4.69) is 30.7 Å². The molecule has 0 fully saturated rings. The number of benzene rings is 2. The van der Waals surface area contributed by atoms with Gasteiger partial charge in [-0.3, -0.25) is 9.97 Å². The first-order valence-corrected chi connectivity index (χ1v) is 13.6. The Hall–Kier alpha value is -3.41. The predicted octanol–water partition coefficient (Wildman–Crippen LogP) is 7.92. The summed E-state index contributed by atoms with van der Waals surface area (Å²) in [6.45, 7) is 7.81. The van der Waals surface area contributed by atoms with E-state index in [1.807, 2.05) is 24.3 Å². The molecule has 3 aromatic rings. The number of carbonyl (C=O) groups excluding carboxylic acids is 1. The first-order chi connectivity index (χ1) is 18.1. The average molecular weight is 505 g/mol. The first-order valence-electron chi connectivity index (χ1n) is 13.6. The molecule has 1 atom stereocenters. The van der Waals surface area contributed by atoms with Crippen molar-refractivity contribution in [2.45, 2.75) is 72.1 Å². The van der Waals surface area contributed by atoms with Crippen molar-refractivity contribution in [2.24, 2.45) is 5.92 Å². The lowest BCUT2D eigenvalue weighted by Gasteiger charge is -2.14. The van der Waals surface area contributed by atoms with Crippen molar-refractivity contribution in [1.82, 2.24) is 9.97 Å². The van der Waals surface area contributed by atoms with Gasteiger partial charge in [-0.15, -0.1) is 0 Å². The van der Waals surface area contributed by atoms with Crippen molar-refractivity contribution in [3.8, 4) is 28.5 Å². The maximum absolute atomic E-state index is 12.9. The van der Waals surface area contributed by atoms with Crippen LogP contribution in [-0.2, 0) is 0 Å². The van der Waals surface area contributed by atoms with E-state index in [9.17, 15) is 4.79 Å². The fourth-order valence-corrected chi connectivity index (χ4v) is 3.78. The molecule has 0 radical (unpaired) electrons. The van der Waals surface area contributed by atoms with Gasteiger partial charge >= 0.3 is 5.97 Å². The third-order valence-electron chi connectivity index (χ3n) is 6.33. The molecule has 0 bridgehead atoms. The van der Waals surface area contributed by atoms with Crippen molar-refractivity contribution in [3.63, 3.8) is 0 Å². The van der Waals surface area contributed by atoms with E-state index in [4.69, 9.17) is 14.2 Å². The van der Waals surface area contributed by atoms with Crippen LogP contribution in [0, 0.1) is 5.92 Å². The summed E-state index contributed by atoms with van der Waals surface area (Å²) in [5.41, 5.74) is 1.71. The van der Waals surface area contributed by atoms with E-state index in [0.29, 0.717) is 47.5 Å². The number of rotatable bonds is 16. The van der Waals surface area contributed by atoms with Gasteiger partial charge in [0.25, 0.3) is 0 Å². The van der Waals surface area contributed by atoms with E-state index in [1.165, 1.54) is 38.5 Å². The fourth-order valence-electron chi connectivity index (χ4n) is 3.78. The van der Waals surface area contributed by atoms with Crippen LogP contribution >= 0.6 is 0 Å². The van der Waals surface area contributed by atoms with Gasteiger partial charge in [0.1, 0.15) is 17.2 Å². The van der Waals surface area contributed by atoms with Crippen molar-refractivity contribution in [2.75, 3.05) is 13.2 Å². The van der Waals surface area contributed by atoms with Crippen LogP contribution in [0.25, 0.3) is 11.3 Å². The quantitative estimate of drug-likeness (QED) is 0.112. The molecule has 0 aliphatic rings. The van der Waals surface area contributed by atoms with E-state index in [1.54, 1.807) is 36.8 Å². The lowest BCUT2D eigenvalue weighted by atomic mass is 10.1. The Morgan fingerprint density at radius 2 is 1.59 bits per heavy atom. The van der Waals surface area contributed by atoms with Crippen LogP contribution < -0.4 is 14.2 Å². The summed E-state index contributed by atoms with van der Waals surface area (Å²) in [6.07, 6.45) is 14.6. The Morgan fingerprint density at radius 1 is 0.865 bits per heavy atom. The second-order valence-corrected chi connectivity index (χ2v) is 9.46. The van der Waals surface area contributed by atoms with Crippen LogP contribution in [0.15, 0.2) is 61.1 Å². The van der Waals surface area contributed by atoms with Crippen LogP contribution in [0.5, 0.6) is 17.2 Å². The number of nitrogens with zero attached hydrogens (tertiary/aromatic N) is 2. The number of hydrogen-bond donors (Lipinski definition) is 0. The summed E-state index contributed by atoms with van der Waals surface area (Å²) < 4.78 is 17.6. The molecule has 0 spiro atoms. The van der Waals surface area contributed by atoms with Crippen molar-refractivity contribution in [3.05, 3.63) is 66.6 Å². The molecule has 0 saturated carbocycles.